The van der Waals surface area contributed by atoms with Gasteiger partial charge in [0.05, 0.1) is 5.54 Å². The molecule has 1 unspecified atom stereocenters. The molecule has 1 aliphatic heterocycles. The summed E-state index contributed by atoms with van der Waals surface area (Å²) in [5.74, 6) is 0.256. The molecule has 3 aromatic carbocycles. The topological polar surface area (TPSA) is 32.3 Å². The number of hydrogen-bond acceptors (Lipinski definition) is 3. The Bertz CT molecular complexity index is 927. The van der Waals surface area contributed by atoms with E-state index in [0.29, 0.717) is 0 Å². The van der Waals surface area contributed by atoms with Gasteiger partial charge in [0.15, 0.2) is 5.78 Å². The Kier molecular flexibility index (Phi) is 6.60. The highest BCUT2D eigenvalue weighted by Gasteiger charge is 2.45. The lowest BCUT2D eigenvalue weighted by molar-refractivity contribution is 0.0376. The van der Waals surface area contributed by atoms with Crippen LogP contribution in [0.15, 0.2) is 91.0 Å². The van der Waals surface area contributed by atoms with Gasteiger partial charge in [0.25, 0.3) is 0 Å². The van der Waals surface area contributed by atoms with Gasteiger partial charge >= 0.3 is 0 Å². The summed E-state index contributed by atoms with van der Waals surface area (Å²) in [6, 6.07) is 30.6. The average Bonchev–Trinajstić information content (AvgIpc) is 2.81. The van der Waals surface area contributed by atoms with Crippen molar-refractivity contribution >= 4 is 11.5 Å². The summed E-state index contributed by atoms with van der Waals surface area (Å²) in [6.07, 6.45) is 3.89. The van der Waals surface area contributed by atoms with Crippen molar-refractivity contribution < 1.29 is 4.79 Å². The molecule has 0 radical (unpaired) electrons. The smallest absolute Gasteiger partial charge is 0.183 e. The number of Topliss-reactive ketones (excluding diaryl/α,β-unsaturated/α-hetero) is 1. The highest BCUT2D eigenvalue weighted by Crippen LogP contribution is 2.35. The van der Waals surface area contributed by atoms with Gasteiger partial charge in [-0.15, -0.1) is 0 Å². The Balaban J connectivity index is 1.60. The van der Waals surface area contributed by atoms with Gasteiger partial charge in [0, 0.05) is 24.3 Å². The molecule has 3 heteroatoms. The molecule has 0 amide bonds. The largest absolute Gasteiger partial charge is 0.384 e. The molecule has 1 fully saturated rings. The summed E-state index contributed by atoms with van der Waals surface area (Å²) in [7, 11) is 0. The average molecular weight is 399 g/mol. The zero-order valence-electron chi connectivity index (χ0n) is 17.5. The van der Waals surface area contributed by atoms with Crippen molar-refractivity contribution in [2.45, 2.75) is 31.2 Å². The van der Waals surface area contributed by atoms with Gasteiger partial charge in [-0.1, -0.05) is 78.9 Å². The van der Waals surface area contributed by atoms with Crippen LogP contribution in [0.1, 0.15) is 35.2 Å². The van der Waals surface area contributed by atoms with E-state index in [4.69, 9.17) is 0 Å². The number of ketones is 1. The monoisotopic (exact) mass is 398 g/mol. The van der Waals surface area contributed by atoms with E-state index in [9.17, 15) is 4.79 Å². The van der Waals surface area contributed by atoms with Crippen molar-refractivity contribution in [1.82, 2.24) is 4.90 Å². The van der Waals surface area contributed by atoms with Crippen molar-refractivity contribution in [3.8, 4) is 0 Å². The molecule has 1 heterocycles. The van der Waals surface area contributed by atoms with Gasteiger partial charge in [-0.3, -0.25) is 9.69 Å². The van der Waals surface area contributed by atoms with Crippen LogP contribution in [-0.2, 0) is 6.42 Å². The Morgan fingerprint density at radius 2 is 1.47 bits per heavy atom. The number of nitrogens with one attached hydrogen (secondary N) is 1. The molecule has 4 rings (SSSR count). The lowest BCUT2D eigenvalue weighted by atomic mass is 9.76. The number of benzene rings is 3. The second kappa shape index (κ2) is 9.73. The Hall–Kier alpha value is -2.91. The molecular formula is C27H30N2O. The third-order valence-electron chi connectivity index (χ3n) is 6.16. The molecule has 1 saturated heterocycles. The van der Waals surface area contributed by atoms with E-state index >= 15 is 0 Å². The van der Waals surface area contributed by atoms with Crippen LogP contribution in [0.4, 0.5) is 5.69 Å². The number of carbonyl (C=O) groups is 1. The van der Waals surface area contributed by atoms with Crippen LogP contribution in [-0.4, -0.2) is 35.9 Å². The zero-order valence-corrected chi connectivity index (χ0v) is 17.5. The highest BCUT2D eigenvalue weighted by atomic mass is 16.1. The maximum atomic E-state index is 13.9. The molecule has 0 spiro atoms. The van der Waals surface area contributed by atoms with Crippen LogP contribution in [0, 0.1) is 0 Å². The maximum Gasteiger partial charge on any atom is 0.183 e. The minimum absolute atomic E-state index is 0.256. The van der Waals surface area contributed by atoms with Gasteiger partial charge in [0.1, 0.15) is 0 Å². The Morgan fingerprint density at radius 3 is 2.17 bits per heavy atom. The predicted molar refractivity (Wildman–Crippen MR) is 124 cm³/mol. The minimum Gasteiger partial charge on any atom is -0.384 e. The van der Waals surface area contributed by atoms with Crippen LogP contribution >= 0.6 is 0 Å². The Labute approximate surface area is 179 Å². The number of carbonyl (C=O) groups excluding carboxylic acids is 1. The molecule has 154 valence electrons. The van der Waals surface area contributed by atoms with Crippen molar-refractivity contribution in [2.24, 2.45) is 0 Å². The van der Waals surface area contributed by atoms with Crippen LogP contribution in [0.25, 0.3) is 0 Å². The van der Waals surface area contributed by atoms with E-state index in [2.05, 4.69) is 46.6 Å². The van der Waals surface area contributed by atoms with Crippen molar-refractivity contribution in [2.75, 3.05) is 25.0 Å². The van der Waals surface area contributed by atoms with Crippen molar-refractivity contribution in [1.29, 1.82) is 0 Å². The lowest BCUT2D eigenvalue weighted by Gasteiger charge is -2.46. The number of nitrogens with zero attached hydrogens (tertiary/aromatic N) is 1. The van der Waals surface area contributed by atoms with Gasteiger partial charge in [0.2, 0.25) is 0 Å². The van der Waals surface area contributed by atoms with Gasteiger partial charge < -0.3 is 5.32 Å². The van der Waals surface area contributed by atoms with Gasteiger partial charge in [-0.25, -0.2) is 0 Å². The molecular weight excluding hydrogens is 368 g/mol. The molecule has 0 saturated carbocycles. The SMILES string of the molecule is O=C(c1ccccc1)C1(Cc2ccccc2)CCCCN1CCNc1ccccc1. The number of likely N-dealkylation sites (tertiary alicyclic amines) is 1. The first kappa shape index (κ1) is 20.4. The minimum atomic E-state index is -0.487. The second-order valence-corrected chi connectivity index (χ2v) is 8.13. The van der Waals surface area contributed by atoms with Crippen LogP contribution in [0.3, 0.4) is 0 Å². The number of rotatable bonds is 8. The van der Waals surface area contributed by atoms with E-state index in [0.717, 1.165) is 56.6 Å². The lowest BCUT2D eigenvalue weighted by Crippen LogP contribution is -2.59. The summed E-state index contributed by atoms with van der Waals surface area (Å²) in [4.78, 5) is 16.3. The molecule has 1 atom stereocenters. The molecule has 1 N–H and O–H groups in total. The highest BCUT2D eigenvalue weighted by molar-refractivity contribution is 6.03. The number of anilines is 1. The number of para-hydroxylation sites is 1. The first-order valence-corrected chi connectivity index (χ1v) is 11.0. The molecule has 0 aliphatic carbocycles. The van der Waals surface area contributed by atoms with Crippen LogP contribution in [0.2, 0.25) is 0 Å². The summed E-state index contributed by atoms with van der Waals surface area (Å²) in [5.41, 5.74) is 2.68. The van der Waals surface area contributed by atoms with E-state index < -0.39 is 5.54 Å². The molecule has 3 nitrogen and oxygen atoms in total. The summed E-state index contributed by atoms with van der Waals surface area (Å²) >= 11 is 0. The van der Waals surface area contributed by atoms with Gasteiger partial charge in [-0.2, -0.15) is 0 Å². The zero-order chi connectivity index (χ0) is 20.7. The first-order chi connectivity index (χ1) is 14.8. The molecule has 0 aromatic heterocycles. The van der Waals surface area contributed by atoms with E-state index in [-0.39, 0.29) is 5.78 Å². The van der Waals surface area contributed by atoms with E-state index in [1.165, 1.54) is 5.56 Å². The quantitative estimate of drug-likeness (QED) is 0.512. The summed E-state index contributed by atoms with van der Waals surface area (Å²) in [6.45, 7) is 2.63. The summed E-state index contributed by atoms with van der Waals surface area (Å²) < 4.78 is 0. The molecule has 0 bridgehead atoms. The molecule has 3 aromatic rings. The van der Waals surface area contributed by atoms with Crippen molar-refractivity contribution in [3.63, 3.8) is 0 Å². The fourth-order valence-electron chi connectivity index (χ4n) is 4.64. The van der Waals surface area contributed by atoms with Crippen LogP contribution < -0.4 is 5.32 Å². The maximum absolute atomic E-state index is 13.9. The van der Waals surface area contributed by atoms with Crippen LogP contribution in [0.5, 0.6) is 0 Å². The molecule has 1 aliphatic rings. The normalized spacial score (nSPS) is 19.3. The number of piperidine rings is 1. The number of hydrogen-bond donors (Lipinski definition) is 1. The van der Waals surface area contributed by atoms with Gasteiger partial charge in [-0.05, 0) is 49.9 Å². The Morgan fingerprint density at radius 1 is 0.833 bits per heavy atom. The van der Waals surface area contributed by atoms with E-state index in [1.54, 1.807) is 0 Å². The van der Waals surface area contributed by atoms with E-state index in [1.807, 2.05) is 54.6 Å². The predicted octanol–water partition coefficient (Wildman–Crippen LogP) is 5.45. The third-order valence-corrected chi connectivity index (χ3v) is 6.16. The molecule has 30 heavy (non-hydrogen) atoms. The standard InChI is InChI=1S/C27H30N2O/c30-26(24-14-6-2-7-15-24)27(22-23-12-4-1-5-13-23)18-10-11-20-29(27)21-19-28-25-16-8-3-9-17-25/h1-9,12-17,28H,10-11,18-22H2. The first-order valence-electron chi connectivity index (χ1n) is 11.0. The third kappa shape index (κ3) is 4.63. The second-order valence-electron chi connectivity index (χ2n) is 8.13. The summed E-state index contributed by atoms with van der Waals surface area (Å²) in [5, 5.41) is 3.52. The van der Waals surface area contributed by atoms with Crippen molar-refractivity contribution in [3.05, 3.63) is 102 Å². The fourth-order valence-corrected chi connectivity index (χ4v) is 4.64. The fraction of sp³-hybridized carbons (Fsp3) is 0.296.